The van der Waals surface area contributed by atoms with Crippen molar-refractivity contribution in [2.24, 2.45) is 11.8 Å². The van der Waals surface area contributed by atoms with E-state index >= 15 is 0 Å². The molecule has 1 aromatic heterocycles. The van der Waals surface area contributed by atoms with E-state index in [2.05, 4.69) is 41.5 Å². The van der Waals surface area contributed by atoms with E-state index in [1.54, 1.807) is 0 Å². The molecule has 4 N–H and O–H groups in total. The minimum Gasteiger partial charge on any atom is -0.367 e. The molecule has 0 radical (unpaired) electrons. The van der Waals surface area contributed by atoms with Crippen molar-refractivity contribution in [1.82, 2.24) is 9.97 Å². The molecule has 1 rings (SSSR count). The number of nitrogens with one attached hydrogen (secondary N) is 2. The van der Waals surface area contributed by atoms with Crippen LogP contribution in [0, 0.1) is 5.92 Å². The predicted octanol–water partition coefficient (Wildman–Crippen LogP) is 1.78. The van der Waals surface area contributed by atoms with Gasteiger partial charge in [0.1, 0.15) is 17.5 Å². The molecule has 0 aliphatic rings. The molecular formula is C11H21N5. The first kappa shape index (κ1) is 12.7. The molecule has 0 fully saturated rings. The van der Waals surface area contributed by atoms with Crippen LogP contribution in [0.3, 0.4) is 0 Å². The minimum atomic E-state index is 0.366. The maximum absolute atomic E-state index is 5.36. The standard InChI is InChI=1S/C11H21N5/c1-5-9-14-10(6-11(15-9)16-12)13-8(4)7(2)3/h6-8H,5,12H2,1-4H3,(H2,13,14,15,16). The van der Waals surface area contributed by atoms with Crippen LogP contribution in [0.4, 0.5) is 11.6 Å². The van der Waals surface area contributed by atoms with Crippen LogP contribution in [0.1, 0.15) is 33.5 Å². The molecule has 0 saturated heterocycles. The van der Waals surface area contributed by atoms with Gasteiger partial charge in [-0.25, -0.2) is 15.8 Å². The monoisotopic (exact) mass is 223 g/mol. The molecule has 5 nitrogen and oxygen atoms in total. The van der Waals surface area contributed by atoms with E-state index in [0.29, 0.717) is 17.8 Å². The molecule has 0 aliphatic heterocycles. The summed E-state index contributed by atoms with van der Waals surface area (Å²) in [4.78, 5) is 8.64. The van der Waals surface area contributed by atoms with Crippen LogP contribution in [-0.4, -0.2) is 16.0 Å². The number of nitrogens with zero attached hydrogens (tertiary/aromatic N) is 2. The topological polar surface area (TPSA) is 75.9 Å². The highest BCUT2D eigenvalue weighted by molar-refractivity contribution is 5.47. The number of hydrogen-bond donors (Lipinski definition) is 3. The Morgan fingerprint density at radius 3 is 2.38 bits per heavy atom. The fourth-order valence-electron chi connectivity index (χ4n) is 1.20. The van der Waals surface area contributed by atoms with Gasteiger partial charge >= 0.3 is 0 Å². The number of rotatable bonds is 5. The second kappa shape index (κ2) is 5.65. The number of anilines is 2. The predicted molar refractivity (Wildman–Crippen MR) is 67.1 cm³/mol. The molecule has 0 amide bonds. The molecule has 1 unspecified atom stereocenters. The van der Waals surface area contributed by atoms with Gasteiger partial charge in [0.15, 0.2) is 0 Å². The molecule has 0 saturated carbocycles. The first-order valence-electron chi connectivity index (χ1n) is 5.68. The summed E-state index contributed by atoms with van der Waals surface area (Å²) in [5.74, 6) is 8.17. The zero-order valence-corrected chi connectivity index (χ0v) is 10.4. The summed E-state index contributed by atoms with van der Waals surface area (Å²) in [6.07, 6.45) is 0.792. The lowest BCUT2D eigenvalue weighted by molar-refractivity contribution is 0.558. The quantitative estimate of drug-likeness (QED) is 0.524. The Hall–Kier alpha value is -1.36. The number of hydrogen-bond acceptors (Lipinski definition) is 5. The van der Waals surface area contributed by atoms with Crippen molar-refractivity contribution in [2.45, 2.75) is 40.2 Å². The molecule has 90 valence electrons. The second-order valence-corrected chi connectivity index (χ2v) is 4.23. The Morgan fingerprint density at radius 1 is 1.25 bits per heavy atom. The normalized spacial score (nSPS) is 12.6. The SMILES string of the molecule is CCc1nc(NN)cc(NC(C)C(C)C)n1. The molecule has 0 aromatic carbocycles. The van der Waals surface area contributed by atoms with Crippen molar-refractivity contribution in [2.75, 3.05) is 10.7 Å². The van der Waals surface area contributed by atoms with Gasteiger partial charge in [-0.05, 0) is 12.8 Å². The van der Waals surface area contributed by atoms with Gasteiger partial charge in [0.2, 0.25) is 0 Å². The average molecular weight is 223 g/mol. The molecule has 16 heavy (non-hydrogen) atoms. The number of aryl methyl sites for hydroxylation is 1. The number of nitrogen functional groups attached to an aromatic ring is 1. The van der Waals surface area contributed by atoms with Gasteiger partial charge in [-0.1, -0.05) is 20.8 Å². The van der Waals surface area contributed by atoms with Gasteiger partial charge < -0.3 is 10.7 Å². The van der Waals surface area contributed by atoms with Crippen molar-refractivity contribution in [3.8, 4) is 0 Å². The summed E-state index contributed by atoms with van der Waals surface area (Å²) in [5.41, 5.74) is 2.55. The summed E-state index contributed by atoms with van der Waals surface area (Å²) < 4.78 is 0. The summed E-state index contributed by atoms with van der Waals surface area (Å²) in [5, 5.41) is 3.34. The third kappa shape index (κ3) is 3.34. The van der Waals surface area contributed by atoms with Crippen LogP contribution in [0.2, 0.25) is 0 Å². The third-order valence-electron chi connectivity index (χ3n) is 2.61. The van der Waals surface area contributed by atoms with Gasteiger partial charge in [0.25, 0.3) is 0 Å². The largest absolute Gasteiger partial charge is 0.367 e. The van der Waals surface area contributed by atoms with Crippen molar-refractivity contribution in [1.29, 1.82) is 0 Å². The smallest absolute Gasteiger partial charge is 0.145 e. The minimum absolute atomic E-state index is 0.366. The summed E-state index contributed by atoms with van der Waals surface area (Å²) in [7, 11) is 0. The van der Waals surface area contributed by atoms with E-state index in [1.165, 1.54) is 0 Å². The summed E-state index contributed by atoms with van der Waals surface area (Å²) >= 11 is 0. The Bertz CT molecular complexity index is 315. The highest BCUT2D eigenvalue weighted by Crippen LogP contribution is 2.14. The van der Waals surface area contributed by atoms with Crippen molar-refractivity contribution < 1.29 is 0 Å². The zero-order valence-electron chi connectivity index (χ0n) is 10.4. The van der Waals surface area contributed by atoms with E-state index in [4.69, 9.17) is 5.84 Å². The summed E-state index contributed by atoms with van der Waals surface area (Å²) in [6.45, 7) is 8.49. The molecule has 0 spiro atoms. The Balaban J connectivity index is 2.86. The highest BCUT2D eigenvalue weighted by Gasteiger charge is 2.09. The van der Waals surface area contributed by atoms with E-state index in [1.807, 2.05) is 13.0 Å². The molecular weight excluding hydrogens is 202 g/mol. The number of aromatic nitrogens is 2. The lowest BCUT2D eigenvalue weighted by Gasteiger charge is -2.18. The van der Waals surface area contributed by atoms with Crippen molar-refractivity contribution in [3.63, 3.8) is 0 Å². The molecule has 5 heteroatoms. The van der Waals surface area contributed by atoms with E-state index < -0.39 is 0 Å². The molecule has 1 aromatic rings. The van der Waals surface area contributed by atoms with Crippen LogP contribution < -0.4 is 16.6 Å². The van der Waals surface area contributed by atoms with Crippen LogP contribution in [0.25, 0.3) is 0 Å². The first-order valence-corrected chi connectivity index (χ1v) is 5.68. The zero-order chi connectivity index (χ0) is 12.1. The third-order valence-corrected chi connectivity index (χ3v) is 2.61. The molecule has 0 aliphatic carbocycles. The molecule has 1 heterocycles. The number of hydrazine groups is 1. The van der Waals surface area contributed by atoms with Gasteiger partial charge in [-0.3, -0.25) is 0 Å². The van der Waals surface area contributed by atoms with Gasteiger partial charge in [-0.2, -0.15) is 0 Å². The van der Waals surface area contributed by atoms with E-state index in [-0.39, 0.29) is 0 Å². The van der Waals surface area contributed by atoms with Gasteiger partial charge in [-0.15, -0.1) is 0 Å². The highest BCUT2D eigenvalue weighted by atomic mass is 15.3. The molecule has 1 atom stereocenters. The van der Waals surface area contributed by atoms with E-state index in [9.17, 15) is 0 Å². The van der Waals surface area contributed by atoms with Crippen molar-refractivity contribution >= 4 is 11.6 Å². The fraction of sp³-hybridized carbons (Fsp3) is 0.636. The number of nitrogens with two attached hydrogens (primary N) is 1. The molecule has 0 bridgehead atoms. The Morgan fingerprint density at radius 2 is 1.88 bits per heavy atom. The van der Waals surface area contributed by atoms with Crippen molar-refractivity contribution in [3.05, 3.63) is 11.9 Å². The fourth-order valence-corrected chi connectivity index (χ4v) is 1.20. The van der Waals surface area contributed by atoms with Gasteiger partial charge in [0.05, 0.1) is 0 Å². The van der Waals surface area contributed by atoms with Gasteiger partial charge in [0, 0.05) is 18.5 Å². The van der Waals surface area contributed by atoms with Crippen LogP contribution in [0.15, 0.2) is 6.07 Å². The van der Waals surface area contributed by atoms with E-state index in [0.717, 1.165) is 18.1 Å². The lowest BCUT2D eigenvalue weighted by atomic mass is 10.1. The summed E-state index contributed by atoms with van der Waals surface area (Å²) in [6, 6.07) is 2.18. The Kier molecular flexibility index (Phi) is 4.49. The maximum atomic E-state index is 5.36. The maximum Gasteiger partial charge on any atom is 0.145 e. The van der Waals surface area contributed by atoms with Crippen LogP contribution in [-0.2, 0) is 6.42 Å². The van der Waals surface area contributed by atoms with Crippen LogP contribution in [0.5, 0.6) is 0 Å². The Labute approximate surface area is 96.8 Å². The second-order valence-electron chi connectivity index (χ2n) is 4.23. The lowest BCUT2D eigenvalue weighted by Crippen LogP contribution is -2.23. The van der Waals surface area contributed by atoms with Crippen LogP contribution >= 0.6 is 0 Å². The average Bonchev–Trinajstić information content (AvgIpc) is 2.28. The first-order chi connectivity index (χ1) is 7.56.